The molecule has 0 aliphatic rings. The third kappa shape index (κ3) is 4.86. The zero-order valence-electron chi connectivity index (χ0n) is 15.4. The van der Waals surface area contributed by atoms with Crippen LogP contribution < -0.4 is 4.72 Å². The summed E-state index contributed by atoms with van der Waals surface area (Å²) in [6.45, 7) is 0.0170. The molecule has 0 spiro atoms. The molecule has 0 amide bonds. The number of hydrogen-bond acceptors (Lipinski definition) is 6. The number of nitrogens with zero attached hydrogens (tertiary/aromatic N) is 1. The van der Waals surface area contributed by atoms with E-state index in [1.807, 2.05) is 0 Å². The van der Waals surface area contributed by atoms with Crippen molar-refractivity contribution >= 4 is 27.3 Å². The Labute approximate surface area is 174 Å². The third-order valence-corrected chi connectivity index (χ3v) is 6.62. The minimum absolute atomic E-state index is 0.0170. The molecule has 0 radical (unpaired) electrons. The molecule has 0 saturated heterocycles. The van der Waals surface area contributed by atoms with Gasteiger partial charge in [-0.2, -0.15) is 13.2 Å². The molecule has 6 nitrogen and oxygen atoms in total. The lowest BCUT2D eigenvalue weighted by Crippen LogP contribution is -2.23. The SMILES string of the molecule is COC(=O)c1cc(-c2ccc(S(=O)(=O)NCc3cccnc3)cc2)c(C(F)(F)F)s1. The number of aromatic nitrogens is 1. The molecule has 0 aliphatic heterocycles. The van der Waals surface area contributed by atoms with E-state index in [1.165, 1.54) is 30.5 Å². The van der Waals surface area contributed by atoms with Crippen molar-refractivity contribution in [2.45, 2.75) is 17.6 Å². The molecule has 0 aliphatic carbocycles. The Balaban J connectivity index is 1.88. The number of rotatable bonds is 6. The fourth-order valence-corrected chi connectivity index (χ4v) is 4.58. The molecule has 2 aromatic heterocycles. The van der Waals surface area contributed by atoms with Crippen LogP contribution in [0.3, 0.4) is 0 Å². The van der Waals surface area contributed by atoms with Crippen LogP contribution in [0.25, 0.3) is 11.1 Å². The van der Waals surface area contributed by atoms with Crippen molar-refractivity contribution in [3.63, 3.8) is 0 Å². The summed E-state index contributed by atoms with van der Waals surface area (Å²) in [5.41, 5.74) is 0.557. The highest BCUT2D eigenvalue weighted by Gasteiger charge is 2.37. The molecule has 30 heavy (non-hydrogen) atoms. The van der Waals surface area contributed by atoms with Crippen molar-refractivity contribution in [2.24, 2.45) is 0 Å². The molecule has 0 unspecified atom stereocenters. The molecule has 11 heteroatoms. The van der Waals surface area contributed by atoms with Crippen molar-refractivity contribution < 1.29 is 31.1 Å². The first-order valence-corrected chi connectivity index (χ1v) is 10.7. The summed E-state index contributed by atoms with van der Waals surface area (Å²) in [7, 11) is -2.80. The predicted octanol–water partition coefficient (Wildman–Crippen LogP) is 4.09. The molecular formula is C19H15F3N2O4S2. The number of halogens is 3. The van der Waals surface area contributed by atoms with Crippen molar-refractivity contribution in [2.75, 3.05) is 7.11 Å². The molecular weight excluding hydrogens is 441 g/mol. The van der Waals surface area contributed by atoms with Gasteiger partial charge in [0.25, 0.3) is 0 Å². The van der Waals surface area contributed by atoms with Gasteiger partial charge in [-0.05, 0) is 35.4 Å². The molecule has 1 N–H and O–H groups in total. The Morgan fingerprint density at radius 1 is 1.20 bits per heavy atom. The smallest absolute Gasteiger partial charge is 0.426 e. The highest BCUT2D eigenvalue weighted by molar-refractivity contribution is 7.89. The van der Waals surface area contributed by atoms with Crippen LogP contribution in [-0.4, -0.2) is 26.5 Å². The number of pyridine rings is 1. The van der Waals surface area contributed by atoms with E-state index < -0.39 is 27.0 Å². The van der Waals surface area contributed by atoms with Gasteiger partial charge in [-0.25, -0.2) is 17.9 Å². The maximum absolute atomic E-state index is 13.4. The number of thiophene rings is 1. The Morgan fingerprint density at radius 3 is 2.47 bits per heavy atom. The third-order valence-electron chi connectivity index (χ3n) is 4.04. The zero-order chi connectivity index (χ0) is 21.9. The number of methoxy groups -OCH3 is 1. The largest absolute Gasteiger partial charge is 0.465 e. The summed E-state index contributed by atoms with van der Waals surface area (Å²) >= 11 is 0.273. The van der Waals surface area contributed by atoms with Gasteiger partial charge in [0.2, 0.25) is 10.0 Å². The van der Waals surface area contributed by atoms with E-state index in [4.69, 9.17) is 0 Å². The minimum atomic E-state index is -4.68. The Hall–Kier alpha value is -2.76. The maximum atomic E-state index is 13.4. The van der Waals surface area contributed by atoms with Gasteiger partial charge in [0, 0.05) is 24.5 Å². The number of alkyl halides is 3. The summed E-state index contributed by atoms with van der Waals surface area (Å²) < 4.78 is 72.0. The number of carbonyl (C=O) groups is 1. The normalized spacial score (nSPS) is 12.0. The van der Waals surface area contributed by atoms with Crippen LogP contribution in [0.15, 0.2) is 59.8 Å². The van der Waals surface area contributed by atoms with Gasteiger partial charge in [-0.3, -0.25) is 4.98 Å². The maximum Gasteiger partial charge on any atom is 0.426 e. The highest BCUT2D eigenvalue weighted by Crippen LogP contribution is 2.43. The molecule has 0 saturated carbocycles. The van der Waals surface area contributed by atoms with E-state index in [-0.39, 0.29) is 38.8 Å². The summed E-state index contributed by atoms with van der Waals surface area (Å²) in [4.78, 5) is 14.3. The molecule has 3 rings (SSSR count). The van der Waals surface area contributed by atoms with Gasteiger partial charge >= 0.3 is 12.1 Å². The number of esters is 1. The van der Waals surface area contributed by atoms with Crippen LogP contribution in [0.5, 0.6) is 0 Å². The van der Waals surface area contributed by atoms with E-state index in [2.05, 4.69) is 14.4 Å². The first-order chi connectivity index (χ1) is 14.1. The second-order valence-electron chi connectivity index (χ2n) is 6.05. The summed E-state index contributed by atoms with van der Waals surface area (Å²) in [5.74, 6) is -0.879. The highest BCUT2D eigenvalue weighted by atomic mass is 32.2. The summed E-state index contributed by atoms with van der Waals surface area (Å²) in [5, 5.41) is 0. The van der Waals surface area contributed by atoms with Crippen molar-refractivity contribution in [3.8, 4) is 11.1 Å². The standard InChI is InChI=1S/C19H15F3N2O4S2/c1-28-18(25)16-9-15(17(29-16)19(20,21)22)13-4-6-14(7-5-13)30(26,27)24-11-12-3-2-8-23-10-12/h2-10,24H,11H2,1H3. The van der Waals surface area contributed by atoms with E-state index in [0.717, 1.165) is 13.2 Å². The van der Waals surface area contributed by atoms with Crippen LogP contribution in [0, 0.1) is 0 Å². The lowest BCUT2D eigenvalue weighted by molar-refractivity contribution is -0.133. The van der Waals surface area contributed by atoms with Crippen molar-refractivity contribution in [3.05, 3.63) is 70.2 Å². The molecule has 0 bridgehead atoms. The van der Waals surface area contributed by atoms with Gasteiger partial charge in [-0.1, -0.05) is 18.2 Å². The average molecular weight is 456 g/mol. The van der Waals surface area contributed by atoms with Crippen molar-refractivity contribution in [1.29, 1.82) is 0 Å². The van der Waals surface area contributed by atoms with E-state index >= 15 is 0 Å². The van der Waals surface area contributed by atoms with Gasteiger partial charge in [0.1, 0.15) is 9.75 Å². The number of ether oxygens (including phenoxy) is 1. The van der Waals surface area contributed by atoms with Crippen LogP contribution in [-0.2, 0) is 27.5 Å². The second kappa shape index (κ2) is 8.54. The summed E-state index contributed by atoms with van der Waals surface area (Å²) in [6, 6.07) is 9.39. The van der Waals surface area contributed by atoms with Gasteiger partial charge in [0.15, 0.2) is 0 Å². The number of carbonyl (C=O) groups excluding carboxylic acids is 1. The summed E-state index contributed by atoms with van der Waals surface area (Å²) in [6.07, 6.45) is -1.61. The predicted molar refractivity (Wildman–Crippen MR) is 104 cm³/mol. The van der Waals surface area contributed by atoms with Crippen LogP contribution in [0.4, 0.5) is 13.2 Å². The molecule has 3 aromatic rings. The van der Waals surface area contributed by atoms with E-state index in [9.17, 15) is 26.4 Å². The van der Waals surface area contributed by atoms with Crippen molar-refractivity contribution in [1.82, 2.24) is 9.71 Å². The number of nitrogens with one attached hydrogen (secondary N) is 1. The monoisotopic (exact) mass is 456 g/mol. The number of benzene rings is 1. The quantitative estimate of drug-likeness (QED) is 0.565. The average Bonchev–Trinajstić information content (AvgIpc) is 3.19. The Bertz CT molecular complexity index is 1140. The fourth-order valence-electron chi connectivity index (χ4n) is 2.60. The molecule has 0 atom stereocenters. The number of sulfonamides is 1. The van der Waals surface area contributed by atoms with E-state index in [0.29, 0.717) is 5.56 Å². The van der Waals surface area contributed by atoms with Gasteiger partial charge < -0.3 is 4.74 Å². The lowest BCUT2D eigenvalue weighted by Gasteiger charge is -2.09. The fraction of sp³-hybridized carbons (Fsp3) is 0.158. The number of hydrogen-bond donors (Lipinski definition) is 1. The molecule has 1 aromatic carbocycles. The van der Waals surface area contributed by atoms with Crippen LogP contribution in [0.2, 0.25) is 0 Å². The molecule has 2 heterocycles. The second-order valence-corrected chi connectivity index (χ2v) is 8.87. The molecule has 0 fully saturated rings. The first-order valence-electron chi connectivity index (χ1n) is 8.40. The van der Waals surface area contributed by atoms with Crippen LogP contribution in [0.1, 0.15) is 20.1 Å². The topological polar surface area (TPSA) is 85.4 Å². The van der Waals surface area contributed by atoms with Gasteiger partial charge in [-0.15, -0.1) is 11.3 Å². The lowest BCUT2D eigenvalue weighted by atomic mass is 10.1. The molecule has 158 valence electrons. The Morgan fingerprint density at radius 2 is 1.90 bits per heavy atom. The van der Waals surface area contributed by atoms with E-state index in [1.54, 1.807) is 18.3 Å². The zero-order valence-corrected chi connectivity index (χ0v) is 17.1. The Kier molecular flexibility index (Phi) is 6.25. The first kappa shape index (κ1) is 21.9. The minimum Gasteiger partial charge on any atom is -0.465 e. The van der Waals surface area contributed by atoms with Crippen LogP contribution >= 0.6 is 11.3 Å². The van der Waals surface area contributed by atoms with Gasteiger partial charge in [0.05, 0.1) is 12.0 Å².